The van der Waals surface area contributed by atoms with Crippen LogP contribution in [0.1, 0.15) is 11.3 Å². The number of aromatic nitrogens is 3. The fourth-order valence-electron chi connectivity index (χ4n) is 1.91. The van der Waals surface area contributed by atoms with Crippen LogP contribution >= 0.6 is 11.6 Å². The largest absolute Gasteiger partial charge is 0.312 e. The number of rotatable bonds is 1. The summed E-state index contributed by atoms with van der Waals surface area (Å²) in [5.74, 6) is 0.608. The quantitative estimate of drug-likeness (QED) is 0.780. The lowest BCUT2D eigenvalue weighted by Crippen LogP contribution is -2.25. The third-order valence-electron chi connectivity index (χ3n) is 2.78. The van der Waals surface area contributed by atoms with Gasteiger partial charge in [-0.2, -0.15) is 0 Å². The zero-order valence-electron chi connectivity index (χ0n) is 9.15. The molecule has 5 heteroatoms. The Balaban J connectivity index is 2.11. The third kappa shape index (κ3) is 2.01. The van der Waals surface area contributed by atoms with Crippen LogP contribution in [0.4, 0.5) is 0 Å². The van der Waals surface area contributed by atoms with Crippen molar-refractivity contribution in [2.75, 3.05) is 6.54 Å². The van der Waals surface area contributed by atoms with Gasteiger partial charge in [-0.05, 0) is 12.1 Å². The Labute approximate surface area is 104 Å². The van der Waals surface area contributed by atoms with Crippen LogP contribution in [0.2, 0.25) is 5.15 Å². The van der Waals surface area contributed by atoms with Crippen molar-refractivity contribution < 1.29 is 0 Å². The van der Waals surface area contributed by atoms with Crippen LogP contribution < -0.4 is 5.32 Å². The van der Waals surface area contributed by atoms with Gasteiger partial charge >= 0.3 is 0 Å². The van der Waals surface area contributed by atoms with Crippen LogP contribution in [0.15, 0.2) is 24.4 Å². The second-order valence-electron chi connectivity index (χ2n) is 3.91. The van der Waals surface area contributed by atoms with E-state index in [0.717, 1.165) is 36.5 Å². The van der Waals surface area contributed by atoms with Gasteiger partial charge in [0.1, 0.15) is 10.8 Å². The molecule has 0 unspecified atom stereocenters. The van der Waals surface area contributed by atoms with E-state index in [0.29, 0.717) is 11.0 Å². The summed E-state index contributed by atoms with van der Waals surface area (Å²) in [4.78, 5) is 13.1. The second-order valence-corrected chi connectivity index (χ2v) is 4.26. The molecule has 17 heavy (non-hydrogen) atoms. The maximum Gasteiger partial charge on any atom is 0.179 e. The van der Waals surface area contributed by atoms with E-state index in [1.54, 1.807) is 6.20 Å². The summed E-state index contributed by atoms with van der Waals surface area (Å²) in [6.07, 6.45) is 2.62. The predicted octanol–water partition coefficient (Wildman–Crippen LogP) is 1.84. The average Bonchev–Trinajstić information content (AvgIpc) is 2.40. The van der Waals surface area contributed by atoms with Crippen molar-refractivity contribution in [2.45, 2.75) is 13.0 Å². The molecule has 0 bridgehead atoms. The Morgan fingerprint density at radius 1 is 1.24 bits per heavy atom. The highest BCUT2D eigenvalue weighted by molar-refractivity contribution is 6.30. The van der Waals surface area contributed by atoms with Crippen molar-refractivity contribution in [1.82, 2.24) is 20.3 Å². The van der Waals surface area contributed by atoms with Crippen molar-refractivity contribution in [3.05, 3.63) is 40.8 Å². The molecule has 1 aliphatic rings. The molecule has 0 aliphatic carbocycles. The van der Waals surface area contributed by atoms with Gasteiger partial charge < -0.3 is 5.32 Å². The van der Waals surface area contributed by atoms with Crippen LogP contribution in [0.5, 0.6) is 0 Å². The fraction of sp³-hybridized carbons (Fsp3) is 0.250. The highest BCUT2D eigenvalue weighted by Gasteiger charge is 2.17. The third-order valence-corrected chi connectivity index (χ3v) is 3.09. The van der Waals surface area contributed by atoms with Gasteiger partial charge in [0.2, 0.25) is 0 Å². The smallest absolute Gasteiger partial charge is 0.179 e. The van der Waals surface area contributed by atoms with Gasteiger partial charge in [0.15, 0.2) is 5.82 Å². The first-order valence-corrected chi connectivity index (χ1v) is 5.90. The lowest BCUT2D eigenvalue weighted by Gasteiger charge is -2.17. The van der Waals surface area contributed by atoms with E-state index in [2.05, 4.69) is 20.3 Å². The standard InChI is InChI=1S/C12H11ClN4/c13-11-8-7-14-6-4-9(8)16-12(17-11)10-3-1-2-5-15-10/h1-3,5,14H,4,6-7H2. The molecule has 0 atom stereocenters. The molecule has 1 aliphatic heterocycles. The van der Waals surface area contributed by atoms with Gasteiger partial charge in [-0.15, -0.1) is 0 Å². The summed E-state index contributed by atoms with van der Waals surface area (Å²) in [6.45, 7) is 1.68. The van der Waals surface area contributed by atoms with Crippen LogP contribution in [0.25, 0.3) is 11.5 Å². The first-order chi connectivity index (χ1) is 8.34. The maximum absolute atomic E-state index is 6.18. The number of fused-ring (bicyclic) bond motifs is 1. The fourth-order valence-corrected chi connectivity index (χ4v) is 2.17. The Hall–Kier alpha value is -1.52. The molecule has 86 valence electrons. The highest BCUT2D eigenvalue weighted by atomic mass is 35.5. The molecular weight excluding hydrogens is 236 g/mol. The van der Waals surface area contributed by atoms with E-state index in [1.807, 2.05) is 18.2 Å². The SMILES string of the molecule is Clc1nc(-c2ccccn2)nc2c1CNCC2. The highest BCUT2D eigenvalue weighted by Crippen LogP contribution is 2.23. The number of nitrogens with one attached hydrogen (secondary N) is 1. The summed E-state index contributed by atoms with van der Waals surface area (Å²) >= 11 is 6.18. The predicted molar refractivity (Wildman–Crippen MR) is 65.7 cm³/mol. The average molecular weight is 247 g/mol. The van der Waals surface area contributed by atoms with Gasteiger partial charge in [-0.1, -0.05) is 17.7 Å². The number of halogens is 1. The lowest BCUT2D eigenvalue weighted by atomic mass is 10.1. The molecular formula is C12H11ClN4. The Morgan fingerprint density at radius 3 is 3.00 bits per heavy atom. The monoisotopic (exact) mass is 246 g/mol. The van der Waals surface area contributed by atoms with Crippen molar-refractivity contribution in [1.29, 1.82) is 0 Å². The second kappa shape index (κ2) is 4.39. The molecule has 1 N–H and O–H groups in total. The molecule has 0 saturated heterocycles. The van der Waals surface area contributed by atoms with Gasteiger partial charge in [0, 0.05) is 31.3 Å². The van der Waals surface area contributed by atoms with Gasteiger partial charge in [0.05, 0.1) is 5.69 Å². The molecule has 3 heterocycles. The van der Waals surface area contributed by atoms with E-state index in [9.17, 15) is 0 Å². The minimum atomic E-state index is 0.530. The Kier molecular flexibility index (Phi) is 2.74. The molecule has 2 aromatic rings. The molecule has 0 fully saturated rings. The summed E-state index contributed by atoms with van der Waals surface area (Å²) in [6, 6.07) is 5.67. The number of pyridine rings is 1. The first-order valence-electron chi connectivity index (χ1n) is 5.52. The van der Waals surface area contributed by atoms with Gasteiger partial charge in [-0.25, -0.2) is 9.97 Å². The van der Waals surface area contributed by atoms with Crippen molar-refractivity contribution in [3.63, 3.8) is 0 Å². The number of nitrogens with zero attached hydrogens (tertiary/aromatic N) is 3. The van der Waals surface area contributed by atoms with Crippen molar-refractivity contribution in [2.24, 2.45) is 0 Å². The van der Waals surface area contributed by atoms with Crippen LogP contribution in [-0.2, 0) is 13.0 Å². The topological polar surface area (TPSA) is 50.7 Å². The number of hydrogen-bond acceptors (Lipinski definition) is 4. The van der Waals surface area contributed by atoms with E-state index < -0.39 is 0 Å². The van der Waals surface area contributed by atoms with E-state index in [4.69, 9.17) is 11.6 Å². The summed E-state index contributed by atoms with van der Waals surface area (Å²) in [5.41, 5.74) is 2.80. The maximum atomic E-state index is 6.18. The minimum Gasteiger partial charge on any atom is -0.312 e. The molecule has 4 nitrogen and oxygen atoms in total. The Bertz CT molecular complexity index is 542. The zero-order chi connectivity index (χ0) is 11.7. The van der Waals surface area contributed by atoms with Gasteiger partial charge in [-0.3, -0.25) is 4.98 Å². The lowest BCUT2D eigenvalue weighted by molar-refractivity contribution is 0.626. The van der Waals surface area contributed by atoms with Crippen LogP contribution in [0.3, 0.4) is 0 Å². The van der Waals surface area contributed by atoms with E-state index >= 15 is 0 Å². The summed E-state index contributed by atoms with van der Waals surface area (Å²) in [5, 5.41) is 3.79. The molecule has 2 aromatic heterocycles. The molecule has 0 aromatic carbocycles. The molecule has 0 saturated carbocycles. The first kappa shape index (κ1) is 10.6. The zero-order valence-corrected chi connectivity index (χ0v) is 9.91. The van der Waals surface area contributed by atoms with Crippen molar-refractivity contribution in [3.8, 4) is 11.5 Å². The molecule has 3 rings (SSSR count). The summed E-state index contributed by atoms with van der Waals surface area (Å²) in [7, 11) is 0. The van der Waals surface area contributed by atoms with Crippen molar-refractivity contribution >= 4 is 11.6 Å². The van der Waals surface area contributed by atoms with E-state index in [1.165, 1.54) is 0 Å². The molecule has 0 amide bonds. The van der Waals surface area contributed by atoms with Crippen LogP contribution in [-0.4, -0.2) is 21.5 Å². The molecule has 0 spiro atoms. The van der Waals surface area contributed by atoms with Gasteiger partial charge in [0.25, 0.3) is 0 Å². The summed E-state index contributed by atoms with van der Waals surface area (Å²) < 4.78 is 0. The van der Waals surface area contributed by atoms with Crippen LogP contribution in [0, 0.1) is 0 Å². The molecule has 0 radical (unpaired) electrons. The number of hydrogen-bond donors (Lipinski definition) is 1. The normalized spacial score (nSPS) is 14.4. The Morgan fingerprint density at radius 2 is 2.18 bits per heavy atom. The van der Waals surface area contributed by atoms with E-state index in [-0.39, 0.29) is 0 Å². The minimum absolute atomic E-state index is 0.530.